The maximum Gasteiger partial charge on any atom is 0.0219 e. The van der Waals surface area contributed by atoms with Crippen molar-refractivity contribution >= 4 is 27.7 Å². The molecule has 1 atom stereocenters. The van der Waals surface area contributed by atoms with Crippen LogP contribution in [0.2, 0.25) is 0 Å². The maximum atomic E-state index is 3.61. The number of hydrogen-bond acceptors (Lipinski definition) is 2. The van der Waals surface area contributed by atoms with Crippen molar-refractivity contribution in [2.45, 2.75) is 56.3 Å². The van der Waals surface area contributed by atoms with E-state index in [1.54, 1.807) is 0 Å². The van der Waals surface area contributed by atoms with Gasteiger partial charge in [-0.1, -0.05) is 36.7 Å². The summed E-state index contributed by atoms with van der Waals surface area (Å²) in [6, 6.07) is 7.42. The minimum absolute atomic E-state index is 0.658. The summed E-state index contributed by atoms with van der Waals surface area (Å²) in [5.41, 5.74) is 1.42. The van der Waals surface area contributed by atoms with E-state index in [0.29, 0.717) is 11.2 Å². The Morgan fingerprint density at radius 1 is 1.33 bits per heavy atom. The molecule has 0 aliphatic heterocycles. The van der Waals surface area contributed by atoms with Gasteiger partial charge in [-0.2, -0.15) is 0 Å². The highest BCUT2D eigenvalue weighted by atomic mass is 79.9. The van der Waals surface area contributed by atoms with Crippen molar-refractivity contribution < 1.29 is 0 Å². The largest absolute Gasteiger partial charge is 0.310 e. The first-order valence-electron chi connectivity index (χ1n) is 6.74. The molecule has 0 saturated heterocycles. The third-order valence-electron chi connectivity index (χ3n) is 3.43. The summed E-state index contributed by atoms with van der Waals surface area (Å²) >= 11 is 5.58. The van der Waals surface area contributed by atoms with Crippen molar-refractivity contribution in [1.82, 2.24) is 5.32 Å². The van der Waals surface area contributed by atoms with Crippen LogP contribution in [0.15, 0.2) is 27.6 Å². The molecule has 0 heterocycles. The molecule has 1 aliphatic rings. The predicted molar refractivity (Wildman–Crippen MR) is 84.2 cm³/mol. The van der Waals surface area contributed by atoms with Crippen LogP contribution in [0.4, 0.5) is 0 Å². The van der Waals surface area contributed by atoms with Crippen LogP contribution in [-0.2, 0) is 6.54 Å². The molecule has 3 heteroatoms. The molecule has 1 aromatic carbocycles. The van der Waals surface area contributed by atoms with Crippen LogP contribution in [0.3, 0.4) is 0 Å². The minimum atomic E-state index is 0.658. The van der Waals surface area contributed by atoms with Gasteiger partial charge in [-0.15, -0.1) is 11.8 Å². The van der Waals surface area contributed by atoms with Gasteiger partial charge in [-0.3, -0.25) is 0 Å². The summed E-state index contributed by atoms with van der Waals surface area (Å²) in [5.74, 6) is 0.711. The van der Waals surface area contributed by atoms with Gasteiger partial charge in [0.05, 0.1) is 0 Å². The second kappa shape index (κ2) is 6.44. The van der Waals surface area contributed by atoms with Crippen molar-refractivity contribution in [3.8, 4) is 0 Å². The highest BCUT2D eigenvalue weighted by Gasteiger charge is 2.21. The molecule has 0 amide bonds. The monoisotopic (exact) mass is 327 g/mol. The molecule has 0 spiro atoms. The number of halogens is 1. The SMILES string of the molecule is CC(C)C(C)Sc1ccc(Br)cc1CNC1CC1. The van der Waals surface area contributed by atoms with E-state index in [4.69, 9.17) is 0 Å². The highest BCUT2D eigenvalue weighted by molar-refractivity contribution is 9.10. The van der Waals surface area contributed by atoms with Crippen molar-refractivity contribution in [2.24, 2.45) is 5.92 Å². The first-order valence-corrected chi connectivity index (χ1v) is 8.42. The number of rotatable bonds is 6. The van der Waals surface area contributed by atoms with E-state index < -0.39 is 0 Å². The standard InChI is InChI=1S/C15H22BrNS/c1-10(2)11(3)18-15-7-4-13(16)8-12(15)9-17-14-5-6-14/h4,7-8,10-11,14,17H,5-6,9H2,1-3H3. The Labute approximate surface area is 123 Å². The van der Waals surface area contributed by atoms with Gasteiger partial charge in [0.1, 0.15) is 0 Å². The van der Waals surface area contributed by atoms with E-state index >= 15 is 0 Å². The number of hydrogen-bond donors (Lipinski definition) is 1. The average molecular weight is 328 g/mol. The van der Waals surface area contributed by atoms with E-state index in [-0.39, 0.29) is 0 Å². The third-order valence-corrected chi connectivity index (χ3v) is 5.49. The molecule has 1 N–H and O–H groups in total. The van der Waals surface area contributed by atoms with Gasteiger partial charge in [0.25, 0.3) is 0 Å². The van der Waals surface area contributed by atoms with Gasteiger partial charge in [-0.25, -0.2) is 0 Å². The van der Waals surface area contributed by atoms with E-state index in [0.717, 1.165) is 12.6 Å². The molecule has 1 aliphatic carbocycles. The smallest absolute Gasteiger partial charge is 0.0219 e. The lowest BCUT2D eigenvalue weighted by molar-refractivity contribution is 0.640. The summed E-state index contributed by atoms with van der Waals surface area (Å²) in [5, 5.41) is 4.27. The third kappa shape index (κ3) is 4.29. The van der Waals surface area contributed by atoms with Gasteiger partial charge < -0.3 is 5.32 Å². The van der Waals surface area contributed by atoms with E-state index in [1.807, 2.05) is 11.8 Å². The molecule has 2 rings (SSSR count). The molecule has 18 heavy (non-hydrogen) atoms. The first kappa shape index (κ1) is 14.4. The molecule has 1 aromatic rings. The molecule has 1 saturated carbocycles. The van der Waals surface area contributed by atoms with Gasteiger partial charge in [0, 0.05) is 27.2 Å². The minimum Gasteiger partial charge on any atom is -0.310 e. The second-order valence-corrected chi connectivity index (χ2v) is 7.81. The molecule has 1 unspecified atom stereocenters. The van der Waals surface area contributed by atoms with E-state index in [1.165, 1.54) is 27.8 Å². The summed E-state index contributed by atoms with van der Waals surface area (Å²) in [4.78, 5) is 1.42. The fourth-order valence-corrected chi connectivity index (χ4v) is 3.19. The normalized spacial score (nSPS) is 17.2. The van der Waals surface area contributed by atoms with Crippen molar-refractivity contribution in [3.63, 3.8) is 0 Å². The van der Waals surface area contributed by atoms with Crippen molar-refractivity contribution in [3.05, 3.63) is 28.2 Å². The van der Waals surface area contributed by atoms with E-state index in [9.17, 15) is 0 Å². The van der Waals surface area contributed by atoms with Crippen LogP contribution in [0.5, 0.6) is 0 Å². The average Bonchev–Trinajstić information content (AvgIpc) is 3.13. The highest BCUT2D eigenvalue weighted by Crippen LogP contribution is 2.32. The summed E-state index contributed by atoms with van der Waals surface area (Å²) in [6.45, 7) is 7.89. The molecule has 1 nitrogen and oxygen atoms in total. The Kier molecular flexibility index (Phi) is 5.16. The fraction of sp³-hybridized carbons (Fsp3) is 0.600. The Hall–Kier alpha value is 0.01000. The fourth-order valence-electron chi connectivity index (χ4n) is 1.68. The summed E-state index contributed by atoms with van der Waals surface area (Å²) in [6.07, 6.45) is 2.69. The van der Waals surface area contributed by atoms with Gasteiger partial charge >= 0.3 is 0 Å². The van der Waals surface area contributed by atoms with Crippen LogP contribution in [0.1, 0.15) is 39.2 Å². The van der Waals surface area contributed by atoms with Crippen LogP contribution in [0.25, 0.3) is 0 Å². The molecule has 0 aromatic heterocycles. The zero-order valence-electron chi connectivity index (χ0n) is 11.4. The van der Waals surface area contributed by atoms with Crippen LogP contribution >= 0.6 is 27.7 Å². The van der Waals surface area contributed by atoms with Crippen molar-refractivity contribution in [2.75, 3.05) is 0 Å². The Bertz CT molecular complexity index is 401. The van der Waals surface area contributed by atoms with Gasteiger partial charge in [0.15, 0.2) is 0 Å². The lowest BCUT2D eigenvalue weighted by Crippen LogP contribution is -2.16. The predicted octanol–water partition coefficient (Wildman–Crippen LogP) is 4.84. The molecule has 100 valence electrons. The molecular weight excluding hydrogens is 306 g/mol. The summed E-state index contributed by atoms with van der Waals surface area (Å²) < 4.78 is 1.18. The lowest BCUT2D eigenvalue weighted by atomic mass is 10.2. The first-order chi connectivity index (χ1) is 8.56. The molecule has 1 fully saturated rings. The number of thioether (sulfide) groups is 1. The summed E-state index contributed by atoms with van der Waals surface area (Å²) in [7, 11) is 0. The second-order valence-electron chi connectivity index (χ2n) is 5.47. The van der Waals surface area contributed by atoms with Crippen LogP contribution in [0, 0.1) is 5.92 Å². The van der Waals surface area contributed by atoms with Crippen LogP contribution < -0.4 is 5.32 Å². The number of nitrogens with one attached hydrogen (secondary N) is 1. The van der Waals surface area contributed by atoms with E-state index in [2.05, 4.69) is 60.2 Å². The maximum absolute atomic E-state index is 3.61. The molecule has 0 bridgehead atoms. The molecule has 0 radical (unpaired) electrons. The Morgan fingerprint density at radius 3 is 2.67 bits per heavy atom. The number of benzene rings is 1. The molecular formula is C15H22BrNS. The quantitative estimate of drug-likeness (QED) is 0.750. The zero-order chi connectivity index (χ0) is 13.1. The lowest BCUT2D eigenvalue weighted by Gasteiger charge is -2.18. The zero-order valence-corrected chi connectivity index (χ0v) is 13.8. The topological polar surface area (TPSA) is 12.0 Å². The Morgan fingerprint density at radius 2 is 2.06 bits per heavy atom. The van der Waals surface area contributed by atoms with Crippen LogP contribution in [-0.4, -0.2) is 11.3 Å². The van der Waals surface area contributed by atoms with Crippen molar-refractivity contribution in [1.29, 1.82) is 0 Å². The van der Waals surface area contributed by atoms with Gasteiger partial charge in [0.2, 0.25) is 0 Å². The van der Waals surface area contributed by atoms with Gasteiger partial charge in [-0.05, 0) is 42.5 Å². The Balaban J connectivity index is 2.06.